The number of aromatic nitrogens is 3. The molecule has 1 amide bonds. The Morgan fingerprint density at radius 3 is 2.91 bits per heavy atom. The number of likely N-dealkylation sites (tertiary alicyclic amines) is 1. The first-order valence-electron chi connectivity index (χ1n) is 8.13. The number of benzene rings is 1. The summed E-state index contributed by atoms with van der Waals surface area (Å²) < 4.78 is 15.7. The van der Waals surface area contributed by atoms with E-state index in [1.54, 1.807) is 31.3 Å². The van der Waals surface area contributed by atoms with Gasteiger partial charge < -0.3 is 4.90 Å². The average molecular weight is 314 g/mol. The third-order valence-electron chi connectivity index (χ3n) is 4.73. The second-order valence-corrected chi connectivity index (χ2v) is 6.46. The van der Waals surface area contributed by atoms with E-state index in [0.29, 0.717) is 11.3 Å². The molecule has 1 unspecified atom stereocenters. The van der Waals surface area contributed by atoms with Crippen LogP contribution < -0.4 is 0 Å². The molecule has 0 bridgehead atoms. The van der Waals surface area contributed by atoms with Gasteiger partial charge >= 0.3 is 0 Å². The number of halogens is 1. The summed E-state index contributed by atoms with van der Waals surface area (Å²) in [6, 6.07) is 5.18. The minimum atomic E-state index is -0.290. The van der Waals surface area contributed by atoms with Crippen molar-refractivity contribution in [2.45, 2.75) is 38.6 Å². The summed E-state index contributed by atoms with van der Waals surface area (Å²) in [5.74, 6) is 0.157. The second kappa shape index (κ2) is 5.44. The third kappa shape index (κ3) is 2.52. The molecule has 5 nitrogen and oxygen atoms in total. The van der Waals surface area contributed by atoms with Crippen molar-refractivity contribution >= 4 is 5.91 Å². The van der Waals surface area contributed by atoms with Gasteiger partial charge in [0.25, 0.3) is 0 Å². The van der Waals surface area contributed by atoms with Gasteiger partial charge in [0.15, 0.2) is 5.82 Å². The van der Waals surface area contributed by atoms with Crippen LogP contribution >= 0.6 is 0 Å². The van der Waals surface area contributed by atoms with Crippen molar-refractivity contribution in [1.82, 2.24) is 19.9 Å². The van der Waals surface area contributed by atoms with E-state index in [9.17, 15) is 9.18 Å². The maximum Gasteiger partial charge on any atom is 0.226 e. The summed E-state index contributed by atoms with van der Waals surface area (Å²) in [5, 5.41) is 8.29. The van der Waals surface area contributed by atoms with E-state index in [1.165, 1.54) is 4.68 Å². The maximum absolute atomic E-state index is 14.2. The van der Waals surface area contributed by atoms with E-state index in [0.717, 1.165) is 37.9 Å². The standard InChI is InChI=1S/C17H19FN4O/c1-11-4-2-5-15(16(11)18)22-10-13(19-20-22)14-6-3-9-21(14)17(23)12-7-8-12/h2,4-5,10,12,14H,3,6-9H2,1H3. The minimum absolute atomic E-state index is 0.0234. The van der Waals surface area contributed by atoms with Crippen LogP contribution in [-0.2, 0) is 4.79 Å². The predicted octanol–water partition coefficient (Wildman–Crippen LogP) is 2.79. The van der Waals surface area contributed by atoms with Crippen molar-refractivity contribution in [3.05, 3.63) is 41.5 Å². The molecule has 2 aromatic rings. The molecular weight excluding hydrogens is 295 g/mol. The summed E-state index contributed by atoms with van der Waals surface area (Å²) in [4.78, 5) is 14.3. The molecule has 6 heteroatoms. The molecule has 1 aliphatic heterocycles. The third-order valence-corrected chi connectivity index (χ3v) is 4.73. The Labute approximate surface area is 134 Å². The van der Waals surface area contributed by atoms with Gasteiger partial charge in [-0.15, -0.1) is 5.10 Å². The van der Waals surface area contributed by atoms with Gasteiger partial charge in [-0.3, -0.25) is 4.79 Å². The van der Waals surface area contributed by atoms with Crippen LogP contribution in [0.25, 0.3) is 5.69 Å². The zero-order valence-electron chi connectivity index (χ0n) is 13.1. The number of aryl methyl sites for hydroxylation is 1. The largest absolute Gasteiger partial charge is 0.334 e. The number of nitrogens with zero attached hydrogens (tertiary/aromatic N) is 4. The van der Waals surface area contributed by atoms with Gasteiger partial charge in [-0.2, -0.15) is 0 Å². The van der Waals surface area contributed by atoms with E-state index >= 15 is 0 Å². The fourth-order valence-electron chi connectivity index (χ4n) is 3.26. The first-order valence-corrected chi connectivity index (χ1v) is 8.13. The van der Waals surface area contributed by atoms with Gasteiger partial charge in [-0.25, -0.2) is 9.07 Å². The Kier molecular flexibility index (Phi) is 3.39. The lowest BCUT2D eigenvalue weighted by Gasteiger charge is -2.22. The summed E-state index contributed by atoms with van der Waals surface area (Å²) in [6.45, 7) is 2.51. The second-order valence-electron chi connectivity index (χ2n) is 6.46. The molecule has 0 N–H and O–H groups in total. The van der Waals surface area contributed by atoms with Crippen LogP contribution in [-0.4, -0.2) is 32.3 Å². The molecule has 1 atom stereocenters. The zero-order valence-corrected chi connectivity index (χ0v) is 13.1. The fourth-order valence-corrected chi connectivity index (χ4v) is 3.26. The van der Waals surface area contributed by atoms with Crippen molar-refractivity contribution in [2.75, 3.05) is 6.54 Å². The Morgan fingerprint density at radius 1 is 1.30 bits per heavy atom. The SMILES string of the molecule is Cc1cccc(-n2cc(C3CCCN3C(=O)C3CC3)nn2)c1F. The summed E-state index contributed by atoms with van der Waals surface area (Å²) in [7, 11) is 0. The molecule has 1 saturated heterocycles. The monoisotopic (exact) mass is 314 g/mol. The Bertz CT molecular complexity index is 753. The lowest BCUT2D eigenvalue weighted by atomic mass is 10.1. The van der Waals surface area contributed by atoms with E-state index in [1.807, 2.05) is 4.90 Å². The van der Waals surface area contributed by atoms with Gasteiger partial charge in [0.05, 0.1) is 12.2 Å². The average Bonchev–Trinajstić information content (AvgIpc) is 3.09. The summed E-state index contributed by atoms with van der Waals surface area (Å²) in [5.41, 5.74) is 1.71. The Balaban J connectivity index is 1.62. The number of hydrogen-bond acceptors (Lipinski definition) is 3. The Hall–Kier alpha value is -2.24. The first-order chi connectivity index (χ1) is 11.1. The zero-order chi connectivity index (χ0) is 16.0. The number of hydrogen-bond donors (Lipinski definition) is 0. The summed E-state index contributed by atoms with van der Waals surface area (Å²) >= 11 is 0. The van der Waals surface area contributed by atoms with E-state index in [4.69, 9.17) is 0 Å². The number of rotatable bonds is 3. The van der Waals surface area contributed by atoms with Crippen molar-refractivity contribution in [3.8, 4) is 5.69 Å². The number of carbonyl (C=O) groups is 1. The highest BCUT2D eigenvalue weighted by Crippen LogP contribution is 2.38. The Morgan fingerprint density at radius 2 is 2.13 bits per heavy atom. The van der Waals surface area contributed by atoms with Crippen LogP contribution in [0.3, 0.4) is 0 Å². The molecule has 1 saturated carbocycles. The van der Waals surface area contributed by atoms with E-state index in [-0.39, 0.29) is 23.7 Å². The first kappa shape index (κ1) is 14.4. The lowest BCUT2D eigenvalue weighted by Crippen LogP contribution is -2.31. The molecule has 0 spiro atoms. The van der Waals surface area contributed by atoms with Crippen LogP contribution in [0, 0.1) is 18.7 Å². The number of carbonyl (C=O) groups excluding carboxylic acids is 1. The molecule has 2 aliphatic rings. The van der Waals surface area contributed by atoms with Crippen molar-refractivity contribution in [2.24, 2.45) is 5.92 Å². The smallest absolute Gasteiger partial charge is 0.226 e. The fraction of sp³-hybridized carbons (Fsp3) is 0.471. The van der Waals surface area contributed by atoms with Crippen LogP contribution in [0.5, 0.6) is 0 Å². The molecule has 2 fully saturated rings. The van der Waals surface area contributed by atoms with Crippen molar-refractivity contribution in [3.63, 3.8) is 0 Å². The molecule has 2 heterocycles. The lowest BCUT2D eigenvalue weighted by molar-refractivity contribution is -0.133. The molecule has 1 aliphatic carbocycles. The molecule has 0 radical (unpaired) electrons. The van der Waals surface area contributed by atoms with Crippen LogP contribution in [0.2, 0.25) is 0 Å². The highest BCUT2D eigenvalue weighted by Gasteiger charge is 2.39. The molecule has 1 aromatic heterocycles. The predicted molar refractivity (Wildman–Crippen MR) is 82.5 cm³/mol. The highest BCUT2D eigenvalue weighted by atomic mass is 19.1. The van der Waals surface area contributed by atoms with Crippen LogP contribution in [0.15, 0.2) is 24.4 Å². The molecule has 23 heavy (non-hydrogen) atoms. The van der Waals surface area contributed by atoms with Crippen molar-refractivity contribution < 1.29 is 9.18 Å². The normalized spacial score (nSPS) is 21.0. The van der Waals surface area contributed by atoms with Gasteiger partial charge in [0.2, 0.25) is 5.91 Å². The minimum Gasteiger partial charge on any atom is -0.334 e. The molecule has 120 valence electrons. The van der Waals surface area contributed by atoms with Gasteiger partial charge in [-0.05, 0) is 44.2 Å². The van der Waals surface area contributed by atoms with Crippen LogP contribution in [0.4, 0.5) is 4.39 Å². The van der Waals surface area contributed by atoms with Gasteiger partial charge in [-0.1, -0.05) is 17.3 Å². The molecule has 1 aromatic carbocycles. The summed E-state index contributed by atoms with van der Waals surface area (Å²) in [6.07, 6.45) is 5.63. The van der Waals surface area contributed by atoms with E-state index in [2.05, 4.69) is 10.3 Å². The molecular formula is C17H19FN4O. The van der Waals surface area contributed by atoms with Gasteiger partial charge in [0, 0.05) is 12.5 Å². The van der Waals surface area contributed by atoms with Crippen molar-refractivity contribution in [1.29, 1.82) is 0 Å². The van der Waals surface area contributed by atoms with E-state index < -0.39 is 0 Å². The quantitative estimate of drug-likeness (QED) is 0.875. The topological polar surface area (TPSA) is 51.0 Å². The highest BCUT2D eigenvalue weighted by molar-refractivity contribution is 5.81. The molecule has 4 rings (SSSR count). The number of amides is 1. The van der Waals surface area contributed by atoms with Crippen LogP contribution in [0.1, 0.15) is 43.0 Å². The maximum atomic E-state index is 14.2. The van der Waals surface area contributed by atoms with Gasteiger partial charge in [0.1, 0.15) is 11.4 Å².